The normalized spacial score (nSPS) is 16.2. The monoisotopic (exact) mass is 301 g/mol. The van der Waals surface area contributed by atoms with Gasteiger partial charge < -0.3 is 10.1 Å². The first-order valence-electron chi connectivity index (χ1n) is 7.53. The summed E-state index contributed by atoms with van der Waals surface area (Å²) in [6.07, 6.45) is -0.456. The van der Waals surface area contributed by atoms with Crippen LogP contribution in [0.3, 0.4) is 0 Å². The van der Waals surface area contributed by atoms with E-state index in [1.54, 1.807) is 6.07 Å². The fraction of sp³-hybridized carbons (Fsp3) is 0.0500. The highest BCUT2D eigenvalue weighted by molar-refractivity contribution is 5.97. The number of rotatable bonds is 2. The van der Waals surface area contributed by atoms with Gasteiger partial charge in [-0.2, -0.15) is 0 Å². The summed E-state index contributed by atoms with van der Waals surface area (Å²) in [7, 11) is 0. The molecule has 0 fully saturated rings. The van der Waals surface area contributed by atoms with Gasteiger partial charge in [0.25, 0.3) is 0 Å². The van der Waals surface area contributed by atoms with Gasteiger partial charge in [0.15, 0.2) is 6.23 Å². The van der Waals surface area contributed by atoms with Crippen molar-refractivity contribution in [2.24, 2.45) is 0 Å². The number of carbonyl (C=O) groups is 1. The molecule has 0 saturated heterocycles. The van der Waals surface area contributed by atoms with Crippen molar-refractivity contribution in [2.75, 3.05) is 5.32 Å². The summed E-state index contributed by atoms with van der Waals surface area (Å²) in [6.45, 7) is 0. The second kappa shape index (κ2) is 5.61. The number of hydrogen-bond donors (Lipinski definition) is 1. The van der Waals surface area contributed by atoms with Crippen LogP contribution < -0.4 is 5.32 Å². The fourth-order valence-electron chi connectivity index (χ4n) is 2.76. The molecule has 0 radical (unpaired) electrons. The third-order valence-electron chi connectivity index (χ3n) is 3.98. The molecule has 1 aliphatic rings. The summed E-state index contributed by atoms with van der Waals surface area (Å²) in [5.41, 5.74) is 4.60. The van der Waals surface area contributed by atoms with Crippen LogP contribution in [0.2, 0.25) is 0 Å². The van der Waals surface area contributed by atoms with Gasteiger partial charge in [-0.05, 0) is 23.3 Å². The van der Waals surface area contributed by atoms with E-state index in [0.717, 1.165) is 22.4 Å². The minimum absolute atomic E-state index is 0.295. The summed E-state index contributed by atoms with van der Waals surface area (Å²) >= 11 is 0. The standard InChI is InChI=1S/C20H15NO2/c22-20-17-8-4-5-9-18(17)21-19(23-20)16-12-10-15(11-13-16)14-6-2-1-3-7-14/h1-13,19,21H. The Labute approximate surface area is 134 Å². The Morgan fingerprint density at radius 3 is 2.17 bits per heavy atom. The van der Waals surface area contributed by atoms with Gasteiger partial charge in [-0.15, -0.1) is 0 Å². The van der Waals surface area contributed by atoms with Gasteiger partial charge in [0.1, 0.15) is 0 Å². The molecule has 4 rings (SSSR count). The molecule has 112 valence electrons. The maximum absolute atomic E-state index is 12.1. The highest BCUT2D eigenvalue weighted by atomic mass is 16.6. The molecule has 3 heteroatoms. The predicted octanol–water partition coefficient (Wildman–Crippen LogP) is 4.63. The van der Waals surface area contributed by atoms with Crippen molar-refractivity contribution in [1.82, 2.24) is 0 Å². The lowest BCUT2D eigenvalue weighted by Gasteiger charge is -2.27. The SMILES string of the molecule is O=C1OC(c2ccc(-c3ccccc3)cc2)Nc2ccccc21. The molecule has 3 aromatic rings. The molecule has 3 nitrogen and oxygen atoms in total. The van der Waals surface area contributed by atoms with Crippen LogP contribution in [0, 0.1) is 0 Å². The zero-order chi connectivity index (χ0) is 15.6. The Kier molecular flexibility index (Phi) is 3.31. The number of cyclic esters (lactones) is 1. The zero-order valence-corrected chi connectivity index (χ0v) is 12.4. The largest absolute Gasteiger partial charge is 0.434 e. The first-order chi connectivity index (χ1) is 11.3. The first kappa shape index (κ1) is 13.6. The molecule has 23 heavy (non-hydrogen) atoms. The van der Waals surface area contributed by atoms with Crippen LogP contribution in [0.15, 0.2) is 78.9 Å². The second-order valence-electron chi connectivity index (χ2n) is 5.46. The number of fused-ring (bicyclic) bond motifs is 1. The molecule has 1 N–H and O–H groups in total. The number of carbonyl (C=O) groups excluding carboxylic acids is 1. The quantitative estimate of drug-likeness (QED) is 0.701. The summed E-state index contributed by atoms with van der Waals surface area (Å²) in [5, 5.41) is 3.26. The van der Waals surface area contributed by atoms with Gasteiger partial charge in [-0.3, -0.25) is 0 Å². The van der Waals surface area contributed by atoms with Crippen molar-refractivity contribution in [3.8, 4) is 11.1 Å². The van der Waals surface area contributed by atoms with Gasteiger partial charge in [0.05, 0.1) is 11.3 Å². The van der Waals surface area contributed by atoms with Crippen molar-refractivity contribution >= 4 is 11.7 Å². The molecule has 0 amide bonds. The van der Waals surface area contributed by atoms with Gasteiger partial charge in [0.2, 0.25) is 0 Å². The summed E-state index contributed by atoms with van der Waals surface area (Å²) < 4.78 is 5.49. The third kappa shape index (κ3) is 2.57. The molecule has 0 saturated carbocycles. The smallest absolute Gasteiger partial charge is 0.342 e. The van der Waals surface area contributed by atoms with Crippen molar-refractivity contribution < 1.29 is 9.53 Å². The van der Waals surface area contributed by atoms with E-state index >= 15 is 0 Å². The first-order valence-corrected chi connectivity index (χ1v) is 7.53. The third-order valence-corrected chi connectivity index (χ3v) is 3.98. The average molecular weight is 301 g/mol. The molecule has 1 heterocycles. The van der Waals surface area contributed by atoms with Crippen molar-refractivity contribution in [3.63, 3.8) is 0 Å². The van der Waals surface area contributed by atoms with Crippen LogP contribution in [0.25, 0.3) is 11.1 Å². The Balaban J connectivity index is 1.61. The van der Waals surface area contributed by atoms with Crippen molar-refractivity contribution in [3.05, 3.63) is 90.0 Å². The van der Waals surface area contributed by atoms with E-state index in [1.165, 1.54) is 0 Å². The van der Waals surface area contributed by atoms with E-state index in [9.17, 15) is 4.79 Å². The molecule has 1 atom stereocenters. The minimum atomic E-state index is -0.456. The second-order valence-corrected chi connectivity index (χ2v) is 5.46. The number of benzene rings is 3. The number of ether oxygens (including phenoxy) is 1. The van der Waals surface area contributed by atoms with E-state index in [4.69, 9.17) is 4.74 Å². The van der Waals surface area contributed by atoms with Crippen LogP contribution in [-0.2, 0) is 4.74 Å². The van der Waals surface area contributed by atoms with Crippen LogP contribution in [0.5, 0.6) is 0 Å². The molecule has 0 aromatic heterocycles. The number of anilines is 1. The Hall–Kier alpha value is -3.07. The number of esters is 1. The lowest BCUT2D eigenvalue weighted by molar-refractivity contribution is 0.0330. The fourth-order valence-corrected chi connectivity index (χ4v) is 2.76. The van der Waals surface area contributed by atoms with Crippen LogP contribution in [0.4, 0.5) is 5.69 Å². The van der Waals surface area contributed by atoms with Gasteiger partial charge in [-0.25, -0.2) is 4.79 Å². The Bertz CT molecular complexity index is 841. The van der Waals surface area contributed by atoms with Crippen molar-refractivity contribution in [1.29, 1.82) is 0 Å². The van der Waals surface area contributed by atoms with Crippen LogP contribution in [0.1, 0.15) is 22.1 Å². The Morgan fingerprint density at radius 2 is 1.39 bits per heavy atom. The lowest BCUT2D eigenvalue weighted by Crippen LogP contribution is -2.25. The van der Waals surface area contributed by atoms with E-state index < -0.39 is 6.23 Å². The number of nitrogens with one attached hydrogen (secondary N) is 1. The molecule has 1 aliphatic heterocycles. The number of hydrogen-bond acceptors (Lipinski definition) is 3. The summed E-state index contributed by atoms with van der Waals surface area (Å²) in [6, 6.07) is 25.6. The molecular weight excluding hydrogens is 286 g/mol. The molecule has 3 aromatic carbocycles. The zero-order valence-electron chi connectivity index (χ0n) is 12.4. The molecule has 0 aliphatic carbocycles. The van der Waals surface area contributed by atoms with Crippen LogP contribution >= 0.6 is 0 Å². The molecule has 1 unspecified atom stereocenters. The van der Waals surface area contributed by atoms with Gasteiger partial charge in [-0.1, -0.05) is 66.7 Å². The highest BCUT2D eigenvalue weighted by Crippen LogP contribution is 2.31. The predicted molar refractivity (Wildman–Crippen MR) is 90.1 cm³/mol. The van der Waals surface area contributed by atoms with Crippen molar-refractivity contribution in [2.45, 2.75) is 6.23 Å². The maximum Gasteiger partial charge on any atom is 0.342 e. The summed E-state index contributed by atoms with van der Waals surface area (Å²) in [4.78, 5) is 12.1. The molecular formula is C20H15NO2. The van der Waals surface area contributed by atoms with E-state index in [0.29, 0.717) is 5.56 Å². The summed E-state index contributed by atoms with van der Waals surface area (Å²) in [5.74, 6) is -0.295. The van der Waals surface area contributed by atoms with E-state index in [2.05, 4.69) is 17.4 Å². The molecule has 0 spiro atoms. The van der Waals surface area contributed by atoms with E-state index in [1.807, 2.05) is 60.7 Å². The van der Waals surface area contributed by atoms with Gasteiger partial charge in [0, 0.05) is 5.56 Å². The lowest BCUT2D eigenvalue weighted by atomic mass is 10.0. The minimum Gasteiger partial charge on any atom is -0.434 e. The topological polar surface area (TPSA) is 38.3 Å². The number of para-hydroxylation sites is 1. The average Bonchev–Trinajstić information content (AvgIpc) is 2.63. The van der Waals surface area contributed by atoms with Crippen LogP contribution in [-0.4, -0.2) is 5.97 Å². The maximum atomic E-state index is 12.1. The van der Waals surface area contributed by atoms with E-state index in [-0.39, 0.29) is 5.97 Å². The molecule has 0 bridgehead atoms. The highest BCUT2D eigenvalue weighted by Gasteiger charge is 2.26. The van der Waals surface area contributed by atoms with Gasteiger partial charge >= 0.3 is 5.97 Å². The Morgan fingerprint density at radius 1 is 0.739 bits per heavy atom.